The lowest BCUT2D eigenvalue weighted by molar-refractivity contribution is -0.00312. The topological polar surface area (TPSA) is 18.5 Å². The highest BCUT2D eigenvalue weighted by molar-refractivity contribution is 7.99. The Kier molecular flexibility index (Phi) is 3.73. The lowest BCUT2D eigenvalue weighted by atomic mass is 9.95. The van der Waals surface area contributed by atoms with Gasteiger partial charge in [0.25, 0.3) is 0 Å². The minimum atomic E-state index is 0.673. The van der Waals surface area contributed by atoms with Crippen LogP contribution in [0.25, 0.3) is 0 Å². The quantitative estimate of drug-likeness (QED) is 0.895. The average Bonchev–Trinajstić information content (AvgIpc) is 2.47. The highest BCUT2D eigenvalue weighted by Crippen LogP contribution is 2.41. The number of fused-ring (bicyclic) bond motifs is 1. The van der Waals surface area contributed by atoms with Crippen LogP contribution in [0.2, 0.25) is 0 Å². The molecule has 0 saturated carbocycles. The summed E-state index contributed by atoms with van der Waals surface area (Å²) in [6, 6.07) is 10.5. The molecule has 3 aliphatic heterocycles. The first-order valence-corrected chi connectivity index (χ1v) is 8.81. The molecule has 1 aromatic rings. The van der Waals surface area contributed by atoms with Crippen LogP contribution in [0.3, 0.4) is 0 Å². The molecule has 0 bridgehead atoms. The zero-order chi connectivity index (χ0) is 13.4. The van der Waals surface area contributed by atoms with Crippen LogP contribution in [0.5, 0.6) is 0 Å². The first kappa shape index (κ1) is 13.1. The van der Waals surface area contributed by atoms with Gasteiger partial charge in [0.05, 0.1) is 0 Å². The Bertz CT molecular complexity index is 467. The van der Waals surface area contributed by atoms with Crippen molar-refractivity contribution in [3.05, 3.63) is 29.8 Å². The van der Waals surface area contributed by atoms with Gasteiger partial charge < -0.3 is 5.32 Å². The van der Waals surface area contributed by atoms with E-state index in [1.807, 2.05) is 11.8 Å². The number of benzene rings is 1. The molecule has 2 saturated heterocycles. The van der Waals surface area contributed by atoms with Crippen LogP contribution in [0.4, 0.5) is 0 Å². The van der Waals surface area contributed by atoms with Crippen molar-refractivity contribution in [1.29, 1.82) is 0 Å². The molecule has 1 atom stereocenters. The minimum absolute atomic E-state index is 0.673. The van der Waals surface area contributed by atoms with Crippen molar-refractivity contribution in [3.8, 4) is 0 Å². The fourth-order valence-electron chi connectivity index (χ4n) is 3.72. The third-order valence-electron chi connectivity index (χ3n) is 4.93. The fraction of sp³-hybridized carbons (Fsp3) is 0.625. The summed E-state index contributed by atoms with van der Waals surface area (Å²) in [4.78, 5) is 6.89. The van der Waals surface area contributed by atoms with Crippen molar-refractivity contribution in [1.82, 2.24) is 15.1 Å². The zero-order valence-electron chi connectivity index (χ0n) is 11.9. The maximum absolute atomic E-state index is 3.45. The van der Waals surface area contributed by atoms with Crippen LogP contribution in [0.1, 0.15) is 18.0 Å². The molecule has 1 unspecified atom stereocenters. The van der Waals surface area contributed by atoms with Crippen molar-refractivity contribution >= 4 is 11.8 Å². The van der Waals surface area contributed by atoms with Gasteiger partial charge in [-0.2, -0.15) is 0 Å². The summed E-state index contributed by atoms with van der Waals surface area (Å²) in [6.45, 7) is 7.33. The van der Waals surface area contributed by atoms with E-state index in [4.69, 9.17) is 0 Å². The van der Waals surface area contributed by atoms with Crippen LogP contribution in [-0.4, -0.2) is 60.9 Å². The van der Waals surface area contributed by atoms with Gasteiger partial charge in [-0.05, 0) is 23.8 Å². The molecule has 2 fully saturated rings. The smallest absolute Gasteiger partial charge is 0.0368 e. The summed E-state index contributed by atoms with van der Waals surface area (Å²) in [5, 5.41) is 3.45. The number of likely N-dealkylation sites (tertiary alicyclic amines) is 1. The third-order valence-corrected chi connectivity index (χ3v) is 6.05. The van der Waals surface area contributed by atoms with E-state index >= 15 is 0 Å². The monoisotopic (exact) mass is 289 g/mol. The van der Waals surface area contributed by atoms with E-state index in [1.54, 1.807) is 5.56 Å². The molecule has 0 spiro atoms. The SMILES string of the molecule is c1ccc2c(c1)SCCC2N1CC(N2CCNCC2)C1. The largest absolute Gasteiger partial charge is 0.314 e. The summed E-state index contributed by atoms with van der Waals surface area (Å²) in [5.41, 5.74) is 1.57. The standard InChI is InChI=1S/C16H23N3S/c1-2-4-16-14(3-1)15(5-10-20-16)19-11-13(12-19)18-8-6-17-7-9-18/h1-4,13,15,17H,5-12H2. The molecule has 4 heteroatoms. The van der Waals surface area contributed by atoms with Gasteiger partial charge in [-0.25, -0.2) is 0 Å². The van der Waals surface area contributed by atoms with E-state index in [1.165, 1.54) is 56.3 Å². The predicted octanol–water partition coefficient (Wildman–Crippen LogP) is 1.81. The van der Waals surface area contributed by atoms with Crippen LogP contribution in [0.15, 0.2) is 29.2 Å². The Morgan fingerprint density at radius 2 is 1.85 bits per heavy atom. The lowest BCUT2D eigenvalue weighted by Gasteiger charge is -2.50. The molecule has 1 aromatic carbocycles. The highest BCUT2D eigenvalue weighted by atomic mass is 32.2. The van der Waals surface area contributed by atoms with E-state index < -0.39 is 0 Å². The molecule has 1 N–H and O–H groups in total. The van der Waals surface area contributed by atoms with Gasteiger partial charge in [0.2, 0.25) is 0 Å². The Hall–Kier alpha value is -0.550. The van der Waals surface area contributed by atoms with Gasteiger partial charge in [0.1, 0.15) is 0 Å². The number of nitrogens with one attached hydrogen (secondary N) is 1. The van der Waals surface area contributed by atoms with E-state index in [0.29, 0.717) is 6.04 Å². The summed E-state index contributed by atoms with van der Waals surface area (Å²) in [7, 11) is 0. The van der Waals surface area contributed by atoms with Crippen molar-refractivity contribution in [2.75, 3.05) is 45.0 Å². The highest BCUT2D eigenvalue weighted by Gasteiger charge is 2.38. The second-order valence-corrected chi connectivity index (χ2v) is 7.22. The summed E-state index contributed by atoms with van der Waals surface area (Å²) >= 11 is 2.03. The molecule has 0 aromatic heterocycles. The molecule has 0 aliphatic carbocycles. The minimum Gasteiger partial charge on any atom is -0.314 e. The Balaban J connectivity index is 1.41. The van der Waals surface area contributed by atoms with Gasteiger partial charge >= 0.3 is 0 Å². The number of hydrogen-bond acceptors (Lipinski definition) is 4. The number of thioether (sulfide) groups is 1. The number of rotatable bonds is 2. The van der Waals surface area contributed by atoms with Crippen LogP contribution >= 0.6 is 11.8 Å². The summed E-state index contributed by atoms with van der Waals surface area (Å²) in [5.74, 6) is 1.27. The lowest BCUT2D eigenvalue weighted by Crippen LogP contribution is -2.63. The average molecular weight is 289 g/mol. The normalized spacial score (nSPS) is 28.9. The van der Waals surface area contributed by atoms with E-state index in [-0.39, 0.29) is 0 Å². The molecule has 3 nitrogen and oxygen atoms in total. The summed E-state index contributed by atoms with van der Waals surface area (Å²) < 4.78 is 0. The van der Waals surface area contributed by atoms with Gasteiger partial charge in [0.15, 0.2) is 0 Å². The van der Waals surface area contributed by atoms with E-state index in [2.05, 4.69) is 39.4 Å². The Morgan fingerprint density at radius 1 is 1.05 bits per heavy atom. The maximum atomic E-state index is 3.45. The van der Waals surface area contributed by atoms with Crippen molar-refractivity contribution in [3.63, 3.8) is 0 Å². The number of nitrogens with zero attached hydrogens (tertiary/aromatic N) is 2. The number of hydrogen-bond donors (Lipinski definition) is 1. The van der Waals surface area contributed by atoms with Gasteiger partial charge in [-0.15, -0.1) is 11.8 Å². The molecule has 3 aliphatic rings. The Labute approximate surface area is 125 Å². The van der Waals surface area contributed by atoms with Gasteiger partial charge in [-0.3, -0.25) is 9.80 Å². The van der Waals surface area contributed by atoms with Crippen molar-refractivity contribution in [2.45, 2.75) is 23.4 Å². The zero-order valence-corrected chi connectivity index (χ0v) is 12.7. The van der Waals surface area contributed by atoms with Crippen LogP contribution in [-0.2, 0) is 0 Å². The van der Waals surface area contributed by atoms with Gasteiger partial charge in [-0.1, -0.05) is 18.2 Å². The first-order valence-electron chi connectivity index (χ1n) is 7.82. The molecular formula is C16H23N3S. The van der Waals surface area contributed by atoms with Crippen LogP contribution < -0.4 is 5.32 Å². The van der Waals surface area contributed by atoms with Crippen molar-refractivity contribution in [2.24, 2.45) is 0 Å². The summed E-state index contributed by atoms with van der Waals surface area (Å²) in [6.07, 6.45) is 1.32. The van der Waals surface area contributed by atoms with Crippen molar-refractivity contribution < 1.29 is 0 Å². The molecule has 3 heterocycles. The molecular weight excluding hydrogens is 266 g/mol. The maximum Gasteiger partial charge on any atom is 0.0368 e. The molecule has 0 amide bonds. The second-order valence-electron chi connectivity index (χ2n) is 6.08. The molecule has 0 radical (unpaired) electrons. The van der Waals surface area contributed by atoms with E-state index in [9.17, 15) is 0 Å². The molecule has 108 valence electrons. The first-order chi connectivity index (χ1) is 9.92. The number of piperazine rings is 1. The second kappa shape index (κ2) is 5.68. The van der Waals surface area contributed by atoms with Crippen LogP contribution in [0, 0.1) is 0 Å². The van der Waals surface area contributed by atoms with E-state index in [0.717, 1.165) is 6.04 Å². The predicted molar refractivity (Wildman–Crippen MR) is 84.3 cm³/mol. The fourth-order valence-corrected chi connectivity index (χ4v) is 4.83. The molecule has 4 rings (SSSR count). The Morgan fingerprint density at radius 3 is 2.70 bits per heavy atom. The van der Waals surface area contributed by atoms with Gasteiger partial charge in [0, 0.05) is 56.2 Å². The molecule has 20 heavy (non-hydrogen) atoms. The third kappa shape index (κ3) is 2.39.